The Morgan fingerprint density at radius 1 is 0.600 bits per heavy atom. The van der Waals surface area contributed by atoms with Crippen molar-refractivity contribution in [2.45, 2.75) is 0 Å². The molecule has 5 heteroatoms. The number of nitrogens with zero attached hydrogens (tertiary/aromatic N) is 2. The highest BCUT2D eigenvalue weighted by Crippen LogP contribution is 2.15. The van der Waals surface area contributed by atoms with Gasteiger partial charge < -0.3 is 9.97 Å². The largest absolute Gasteiger partial charge is 0.355 e. The Morgan fingerprint density at radius 2 is 1.04 bits per heavy atom. The lowest BCUT2D eigenvalue weighted by Gasteiger charge is -1.94. The van der Waals surface area contributed by atoms with Crippen LogP contribution in [0.1, 0.15) is 22.8 Å². The van der Waals surface area contributed by atoms with Crippen molar-refractivity contribution >= 4 is 59.7 Å². The van der Waals surface area contributed by atoms with Crippen molar-refractivity contribution in [3.63, 3.8) is 0 Å². The van der Waals surface area contributed by atoms with Gasteiger partial charge in [-0.05, 0) is 72.2 Å². The lowest BCUT2D eigenvalue weighted by atomic mass is 9.92. The molecule has 2 N–H and O–H groups in total. The molecule has 5 heterocycles. The Morgan fingerprint density at radius 3 is 1.52 bits per heavy atom. The van der Waals surface area contributed by atoms with Crippen molar-refractivity contribution in [2.24, 2.45) is 0 Å². The normalized spacial score (nSPS) is 12.6. The van der Waals surface area contributed by atoms with Gasteiger partial charge in [0.1, 0.15) is 7.85 Å². The summed E-state index contributed by atoms with van der Waals surface area (Å²) in [7, 11) is 6.27. The smallest absolute Gasteiger partial charge is 0.119 e. The van der Waals surface area contributed by atoms with Crippen LogP contribution in [-0.2, 0) is 0 Å². The van der Waals surface area contributed by atoms with Crippen LogP contribution < -0.4 is 5.46 Å². The fourth-order valence-electron chi connectivity index (χ4n) is 3.03. The molecule has 0 fully saturated rings. The molecule has 2 aliphatic heterocycles. The minimum absolute atomic E-state index is 0.582. The number of aromatic nitrogens is 4. The predicted molar refractivity (Wildman–Crippen MR) is 104 cm³/mol. The van der Waals surface area contributed by atoms with Crippen molar-refractivity contribution < 1.29 is 0 Å². The number of hydrogen-bond donors (Lipinski definition) is 2. The van der Waals surface area contributed by atoms with Crippen LogP contribution >= 0.6 is 0 Å². The molecule has 0 amide bonds. The summed E-state index contributed by atoms with van der Waals surface area (Å²) in [5.41, 5.74) is 7.82. The highest BCUT2D eigenvalue weighted by molar-refractivity contribution is 6.36. The summed E-state index contributed by atoms with van der Waals surface area (Å²) < 4.78 is 0. The van der Waals surface area contributed by atoms with Crippen LogP contribution in [0.2, 0.25) is 0 Å². The minimum Gasteiger partial charge on any atom is -0.355 e. The molecule has 3 aromatic rings. The van der Waals surface area contributed by atoms with E-state index >= 15 is 0 Å². The fraction of sp³-hybridized carbons (Fsp3) is 0. The Hall–Kier alpha value is -3.34. The highest BCUT2D eigenvalue weighted by Gasteiger charge is 2.07. The first-order valence-corrected chi connectivity index (χ1v) is 8.06. The molecule has 116 valence electrons. The molecule has 8 bridgehead atoms. The predicted octanol–water partition coefficient (Wildman–Crippen LogP) is 3.45. The molecule has 3 aromatic heterocycles. The van der Waals surface area contributed by atoms with Crippen LogP contribution in [0.4, 0.5) is 0 Å². The quantitative estimate of drug-likeness (QED) is 0.429. The molecule has 5 rings (SSSR count). The van der Waals surface area contributed by atoms with Gasteiger partial charge in [0.25, 0.3) is 0 Å². The minimum atomic E-state index is 0.582. The van der Waals surface area contributed by atoms with E-state index in [-0.39, 0.29) is 0 Å². The summed E-state index contributed by atoms with van der Waals surface area (Å²) in [5, 5.41) is 0. The second-order valence-corrected chi connectivity index (χ2v) is 6.10. The molecule has 0 atom stereocenters. The molecule has 2 aliphatic rings. The molecular weight excluding hydrogens is 307 g/mol. The van der Waals surface area contributed by atoms with E-state index in [1.807, 2.05) is 60.7 Å². The van der Waals surface area contributed by atoms with E-state index in [0.717, 1.165) is 44.8 Å². The van der Waals surface area contributed by atoms with Gasteiger partial charge in [-0.1, -0.05) is 0 Å². The molecule has 2 radical (unpaired) electrons. The van der Waals surface area contributed by atoms with Crippen molar-refractivity contribution in [1.29, 1.82) is 0 Å². The van der Waals surface area contributed by atoms with Gasteiger partial charge >= 0.3 is 0 Å². The van der Waals surface area contributed by atoms with Crippen molar-refractivity contribution in [3.05, 3.63) is 65.2 Å². The van der Waals surface area contributed by atoms with E-state index in [1.165, 1.54) is 0 Å². The molecule has 4 nitrogen and oxygen atoms in total. The summed E-state index contributed by atoms with van der Waals surface area (Å²) in [6.45, 7) is 0. The van der Waals surface area contributed by atoms with Crippen LogP contribution in [-0.4, -0.2) is 27.8 Å². The van der Waals surface area contributed by atoms with Crippen LogP contribution in [0, 0.1) is 0 Å². The summed E-state index contributed by atoms with van der Waals surface area (Å²) in [6.07, 6.45) is 7.75. The summed E-state index contributed by atoms with van der Waals surface area (Å²) in [5.74, 6) is 0. The molecule has 0 unspecified atom stereocenters. The van der Waals surface area contributed by atoms with Crippen LogP contribution in [0.5, 0.6) is 0 Å². The lowest BCUT2D eigenvalue weighted by molar-refractivity contribution is 1.30. The third-order valence-corrected chi connectivity index (χ3v) is 4.25. The molecule has 0 aliphatic carbocycles. The van der Waals surface area contributed by atoms with Crippen molar-refractivity contribution in [1.82, 2.24) is 19.9 Å². The number of H-pyrrole nitrogens is 2. The van der Waals surface area contributed by atoms with E-state index in [2.05, 4.69) is 26.0 Å². The number of rotatable bonds is 0. The van der Waals surface area contributed by atoms with Gasteiger partial charge in [-0.2, -0.15) is 0 Å². The van der Waals surface area contributed by atoms with Crippen molar-refractivity contribution in [2.75, 3.05) is 0 Å². The Balaban J connectivity index is 1.88. The van der Waals surface area contributed by atoms with E-state index in [9.17, 15) is 0 Å². The Bertz CT molecular complexity index is 1120. The number of aromatic amines is 2. The monoisotopic (exact) mass is 320 g/mol. The third kappa shape index (κ3) is 2.60. The van der Waals surface area contributed by atoms with Gasteiger partial charge in [-0.15, -0.1) is 0 Å². The van der Waals surface area contributed by atoms with E-state index in [1.54, 1.807) is 0 Å². The van der Waals surface area contributed by atoms with Crippen LogP contribution in [0.15, 0.2) is 42.5 Å². The van der Waals surface area contributed by atoms with Gasteiger partial charge in [-0.3, -0.25) is 0 Å². The zero-order valence-corrected chi connectivity index (χ0v) is 13.3. The van der Waals surface area contributed by atoms with Gasteiger partial charge in [0, 0.05) is 22.1 Å². The zero-order chi connectivity index (χ0) is 16.8. The van der Waals surface area contributed by atoms with E-state index < -0.39 is 0 Å². The molecular formula is C20H13BN4. The standard InChI is InChI=1S/C20H13BN4/c21-20-18-7-5-16(24-18)10-14-3-1-12(22-14)9-13-2-4-15(23-13)11-17-6-8-19(20)25-17/h1-11,22-23H. The van der Waals surface area contributed by atoms with Gasteiger partial charge in [0.05, 0.1) is 22.8 Å². The van der Waals surface area contributed by atoms with Crippen LogP contribution in [0.3, 0.4) is 0 Å². The number of fused-ring (bicyclic) bond motifs is 8. The Labute approximate surface area is 145 Å². The molecule has 25 heavy (non-hydrogen) atoms. The summed E-state index contributed by atoms with van der Waals surface area (Å²) in [4.78, 5) is 15.9. The first kappa shape index (κ1) is 14.0. The lowest BCUT2D eigenvalue weighted by Crippen LogP contribution is -2.11. The molecule has 0 saturated carbocycles. The maximum Gasteiger partial charge on any atom is 0.119 e. The first-order valence-electron chi connectivity index (χ1n) is 8.06. The summed E-state index contributed by atoms with van der Waals surface area (Å²) in [6, 6.07) is 14.2. The Kier molecular flexibility index (Phi) is 3.00. The molecule has 0 aromatic carbocycles. The average molecular weight is 320 g/mol. The van der Waals surface area contributed by atoms with E-state index in [0.29, 0.717) is 5.46 Å². The average Bonchev–Trinajstić information content (AvgIpc) is 3.36. The second kappa shape index (κ2) is 5.35. The van der Waals surface area contributed by atoms with Crippen molar-refractivity contribution in [3.8, 4) is 0 Å². The van der Waals surface area contributed by atoms with Gasteiger partial charge in [0.2, 0.25) is 0 Å². The zero-order valence-electron chi connectivity index (χ0n) is 13.3. The fourth-order valence-corrected chi connectivity index (χ4v) is 3.03. The number of nitrogens with one attached hydrogen (secondary N) is 2. The summed E-state index contributed by atoms with van der Waals surface area (Å²) >= 11 is 0. The second-order valence-electron chi connectivity index (χ2n) is 6.10. The maximum absolute atomic E-state index is 6.27. The topological polar surface area (TPSA) is 57.4 Å². The maximum atomic E-state index is 6.27. The number of hydrogen-bond acceptors (Lipinski definition) is 2. The van der Waals surface area contributed by atoms with E-state index in [4.69, 9.17) is 7.85 Å². The SMILES string of the molecule is [B]c1c2nc(cc3ccc(cc4ccc(cc5nc1C=C5)[nH]4)[nH]3)C=C2. The third-order valence-electron chi connectivity index (χ3n) is 4.25. The van der Waals surface area contributed by atoms with Gasteiger partial charge in [-0.25, -0.2) is 9.97 Å². The first-order chi connectivity index (χ1) is 12.2. The molecule has 0 saturated heterocycles. The van der Waals surface area contributed by atoms with Gasteiger partial charge in [0.15, 0.2) is 0 Å². The van der Waals surface area contributed by atoms with Crippen LogP contribution in [0.25, 0.3) is 46.4 Å². The molecule has 0 spiro atoms. The highest BCUT2D eigenvalue weighted by atomic mass is 14.8.